The number of furan rings is 1. The van der Waals surface area contributed by atoms with Crippen molar-refractivity contribution in [2.24, 2.45) is 0 Å². The summed E-state index contributed by atoms with van der Waals surface area (Å²) in [6.07, 6.45) is 0. The molecule has 5 nitrogen and oxygen atoms in total. The zero-order chi connectivity index (χ0) is 19.2. The maximum atomic E-state index is 12.4. The summed E-state index contributed by atoms with van der Waals surface area (Å²) in [5, 5.41) is 3.02. The number of amides is 1. The van der Waals surface area contributed by atoms with Gasteiger partial charge in [0, 0.05) is 5.02 Å². The first kappa shape index (κ1) is 18.7. The second kappa shape index (κ2) is 8.55. The molecule has 0 aliphatic rings. The minimum absolute atomic E-state index is 0.00606. The molecule has 140 valence electrons. The maximum absolute atomic E-state index is 12.4. The second-order valence-corrected chi connectivity index (χ2v) is 5.78. The molecule has 0 radical (unpaired) electrons. The number of halogens is 3. The Morgan fingerprint density at radius 1 is 1.11 bits per heavy atom. The van der Waals surface area contributed by atoms with Gasteiger partial charge in [-0.05, 0) is 42.5 Å². The average molecular weight is 394 g/mol. The summed E-state index contributed by atoms with van der Waals surface area (Å²) in [7, 11) is 0. The molecule has 8 heteroatoms. The van der Waals surface area contributed by atoms with Gasteiger partial charge in [-0.1, -0.05) is 29.8 Å². The highest BCUT2D eigenvalue weighted by atomic mass is 35.5. The van der Waals surface area contributed by atoms with Crippen molar-refractivity contribution < 1.29 is 27.5 Å². The van der Waals surface area contributed by atoms with Gasteiger partial charge in [-0.15, -0.1) is 0 Å². The van der Waals surface area contributed by atoms with Crippen molar-refractivity contribution in [3.05, 3.63) is 77.2 Å². The van der Waals surface area contributed by atoms with Gasteiger partial charge in [-0.3, -0.25) is 4.79 Å². The number of alkyl halides is 2. The van der Waals surface area contributed by atoms with E-state index in [-0.39, 0.29) is 23.8 Å². The van der Waals surface area contributed by atoms with Crippen molar-refractivity contribution in [1.82, 2.24) is 0 Å². The Morgan fingerprint density at radius 3 is 2.70 bits per heavy atom. The molecule has 1 heterocycles. The van der Waals surface area contributed by atoms with Gasteiger partial charge in [-0.2, -0.15) is 8.78 Å². The highest BCUT2D eigenvalue weighted by Gasteiger charge is 2.15. The number of carbonyl (C=O) groups is 1. The molecule has 1 N–H and O–H groups in total. The normalized spacial score (nSPS) is 10.7. The van der Waals surface area contributed by atoms with Crippen LogP contribution in [0.15, 0.2) is 65.1 Å². The van der Waals surface area contributed by atoms with Crippen LogP contribution in [0.5, 0.6) is 11.5 Å². The van der Waals surface area contributed by atoms with Crippen LogP contribution in [0, 0.1) is 0 Å². The lowest BCUT2D eigenvalue weighted by molar-refractivity contribution is -0.0493. The quantitative estimate of drug-likeness (QED) is 0.586. The molecule has 0 atom stereocenters. The van der Waals surface area contributed by atoms with Gasteiger partial charge in [0.25, 0.3) is 5.91 Å². The fourth-order valence-electron chi connectivity index (χ4n) is 2.24. The van der Waals surface area contributed by atoms with Crippen molar-refractivity contribution in [2.75, 3.05) is 5.32 Å². The lowest BCUT2D eigenvalue weighted by Crippen LogP contribution is -2.13. The Kier molecular flexibility index (Phi) is 5.93. The molecule has 1 aromatic heterocycles. The number of carbonyl (C=O) groups excluding carboxylic acids is 1. The minimum atomic E-state index is -3.00. The van der Waals surface area contributed by atoms with Gasteiger partial charge >= 0.3 is 6.61 Å². The van der Waals surface area contributed by atoms with E-state index < -0.39 is 12.5 Å². The number of anilines is 1. The minimum Gasteiger partial charge on any atom is -0.486 e. The largest absolute Gasteiger partial charge is 0.486 e. The molecular weight excluding hydrogens is 380 g/mol. The number of para-hydroxylation sites is 2. The first-order chi connectivity index (χ1) is 13.0. The molecule has 0 unspecified atom stereocenters. The third-order valence-electron chi connectivity index (χ3n) is 3.41. The number of hydrogen-bond acceptors (Lipinski definition) is 4. The van der Waals surface area contributed by atoms with Crippen LogP contribution in [0.25, 0.3) is 0 Å². The molecule has 0 aliphatic carbocycles. The van der Waals surface area contributed by atoms with E-state index in [9.17, 15) is 13.6 Å². The number of hydrogen-bond donors (Lipinski definition) is 1. The molecule has 0 saturated carbocycles. The topological polar surface area (TPSA) is 60.7 Å². The van der Waals surface area contributed by atoms with Gasteiger partial charge in [0.2, 0.25) is 0 Å². The van der Waals surface area contributed by atoms with Crippen LogP contribution < -0.4 is 14.8 Å². The Morgan fingerprint density at radius 2 is 1.93 bits per heavy atom. The number of ether oxygens (including phenoxy) is 2. The summed E-state index contributed by atoms with van der Waals surface area (Å²) in [5.41, 5.74) is 0.107. The molecule has 0 bridgehead atoms. The fourth-order valence-corrected chi connectivity index (χ4v) is 2.42. The summed E-state index contributed by atoms with van der Waals surface area (Å²) < 4.78 is 40.2. The lowest BCUT2D eigenvalue weighted by atomic mass is 10.3. The van der Waals surface area contributed by atoms with Crippen molar-refractivity contribution >= 4 is 23.2 Å². The van der Waals surface area contributed by atoms with E-state index in [4.69, 9.17) is 20.8 Å². The van der Waals surface area contributed by atoms with E-state index >= 15 is 0 Å². The molecular formula is C19H14ClF2NO4. The first-order valence-electron chi connectivity index (χ1n) is 7.83. The van der Waals surface area contributed by atoms with E-state index in [0.29, 0.717) is 16.5 Å². The fraction of sp³-hybridized carbons (Fsp3) is 0.105. The zero-order valence-electron chi connectivity index (χ0n) is 13.8. The van der Waals surface area contributed by atoms with E-state index in [1.165, 1.54) is 24.3 Å². The van der Waals surface area contributed by atoms with Gasteiger partial charge in [0.15, 0.2) is 5.76 Å². The average Bonchev–Trinajstić information content (AvgIpc) is 3.10. The molecule has 3 rings (SSSR count). The smallest absolute Gasteiger partial charge is 0.387 e. The van der Waals surface area contributed by atoms with E-state index in [1.807, 2.05) is 0 Å². The summed E-state index contributed by atoms with van der Waals surface area (Å²) in [6, 6.07) is 15.8. The standard InChI is InChI=1S/C19H14ClF2NO4/c20-12-4-3-5-13(10-12)25-11-14-8-9-17(26-14)18(24)23-15-6-1-2-7-16(15)27-19(21)22/h1-10,19H,11H2,(H,23,24). The Hall–Kier alpha value is -3.06. The molecule has 1 amide bonds. The van der Waals surface area contributed by atoms with E-state index in [0.717, 1.165) is 0 Å². The maximum Gasteiger partial charge on any atom is 0.387 e. The number of nitrogens with one attached hydrogen (secondary N) is 1. The third-order valence-corrected chi connectivity index (χ3v) is 3.65. The van der Waals surface area contributed by atoms with Crippen molar-refractivity contribution in [3.63, 3.8) is 0 Å². The van der Waals surface area contributed by atoms with Crippen molar-refractivity contribution in [1.29, 1.82) is 0 Å². The molecule has 0 saturated heterocycles. The molecule has 0 fully saturated rings. The van der Waals surface area contributed by atoms with E-state index in [2.05, 4.69) is 10.1 Å². The van der Waals surface area contributed by atoms with Crippen LogP contribution >= 0.6 is 11.6 Å². The summed E-state index contributed by atoms with van der Waals surface area (Å²) in [6.45, 7) is -2.90. The van der Waals surface area contributed by atoms with Crippen LogP contribution in [0.2, 0.25) is 5.02 Å². The summed E-state index contributed by atoms with van der Waals surface area (Å²) in [4.78, 5) is 12.3. The Labute approximate surface area is 158 Å². The van der Waals surface area contributed by atoms with Crippen molar-refractivity contribution in [3.8, 4) is 11.5 Å². The van der Waals surface area contributed by atoms with Gasteiger partial charge in [0.1, 0.15) is 23.9 Å². The predicted molar refractivity (Wildman–Crippen MR) is 95.5 cm³/mol. The monoisotopic (exact) mass is 393 g/mol. The molecule has 0 spiro atoms. The second-order valence-electron chi connectivity index (χ2n) is 5.34. The zero-order valence-corrected chi connectivity index (χ0v) is 14.6. The third kappa shape index (κ3) is 5.21. The SMILES string of the molecule is O=C(Nc1ccccc1OC(F)F)c1ccc(COc2cccc(Cl)c2)o1. The van der Waals surface area contributed by atoms with Crippen LogP contribution in [0.1, 0.15) is 16.3 Å². The molecule has 3 aromatic rings. The lowest BCUT2D eigenvalue weighted by Gasteiger charge is -2.10. The predicted octanol–water partition coefficient (Wildman–Crippen LogP) is 5.37. The van der Waals surface area contributed by atoms with Gasteiger partial charge in [0.05, 0.1) is 5.69 Å². The highest BCUT2D eigenvalue weighted by Crippen LogP contribution is 2.26. The van der Waals surface area contributed by atoms with Crippen molar-refractivity contribution in [2.45, 2.75) is 13.2 Å². The molecule has 27 heavy (non-hydrogen) atoms. The Balaban J connectivity index is 1.63. The van der Waals surface area contributed by atoms with Crippen LogP contribution in [-0.4, -0.2) is 12.5 Å². The number of benzene rings is 2. The summed E-state index contributed by atoms with van der Waals surface area (Å²) in [5.74, 6) is 0.234. The van der Waals surface area contributed by atoms with Crippen LogP contribution in [0.3, 0.4) is 0 Å². The first-order valence-corrected chi connectivity index (χ1v) is 8.21. The van der Waals surface area contributed by atoms with Crippen LogP contribution in [0.4, 0.5) is 14.5 Å². The summed E-state index contributed by atoms with van der Waals surface area (Å²) >= 11 is 5.88. The van der Waals surface area contributed by atoms with Gasteiger partial charge < -0.3 is 19.2 Å². The van der Waals surface area contributed by atoms with E-state index in [1.54, 1.807) is 36.4 Å². The van der Waals surface area contributed by atoms with Crippen LogP contribution in [-0.2, 0) is 6.61 Å². The Bertz CT molecular complexity index is 929. The number of rotatable bonds is 7. The highest BCUT2D eigenvalue weighted by molar-refractivity contribution is 6.30. The molecule has 0 aliphatic heterocycles. The van der Waals surface area contributed by atoms with Gasteiger partial charge in [-0.25, -0.2) is 0 Å². The molecule has 2 aromatic carbocycles.